The van der Waals surface area contributed by atoms with E-state index < -0.39 is 0 Å². The van der Waals surface area contributed by atoms with Gasteiger partial charge in [0.1, 0.15) is 0 Å². The van der Waals surface area contributed by atoms with Gasteiger partial charge in [-0.25, -0.2) is 0 Å². The average Bonchev–Trinajstić information content (AvgIpc) is 1.79. The first-order chi connectivity index (χ1) is 4.63. The van der Waals surface area contributed by atoms with Gasteiger partial charge in [0.15, 0.2) is 0 Å². The van der Waals surface area contributed by atoms with Crippen molar-refractivity contribution >= 4 is 11.8 Å². The smallest absolute Gasteiger partial charge is 0.0116 e. The predicted octanol–water partition coefficient (Wildman–Crippen LogP) is 2.03. The Bertz CT molecular complexity index is 104. The van der Waals surface area contributed by atoms with Crippen LogP contribution in [0.3, 0.4) is 0 Å². The predicted molar refractivity (Wildman–Crippen MR) is 50.4 cm³/mol. The number of nitrogens with two attached hydrogens (primary N) is 1. The van der Waals surface area contributed by atoms with E-state index in [0.29, 0.717) is 6.04 Å². The SMILES string of the molecule is CC(C)=CCSCC(C)N. The highest BCUT2D eigenvalue weighted by molar-refractivity contribution is 7.99. The number of allylic oxidation sites excluding steroid dienone is 1. The minimum atomic E-state index is 0.329. The Hall–Kier alpha value is 0.0500. The van der Waals surface area contributed by atoms with Crippen molar-refractivity contribution in [1.29, 1.82) is 0 Å². The largest absolute Gasteiger partial charge is 0.327 e. The van der Waals surface area contributed by atoms with Crippen LogP contribution in [0.25, 0.3) is 0 Å². The van der Waals surface area contributed by atoms with Gasteiger partial charge in [0.25, 0.3) is 0 Å². The molecule has 2 heteroatoms. The van der Waals surface area contributed by atoms with E-state index in [-0.39, 0.29) is 0 Å². The monoisotopic (exact) mass is 159 g/mol. The summed E-state index contributed by atoms with van der Waals surface area (Å²) in [5.41, 5.74) is 6.95. The highest BCUT2D eigenvalue weighted by Gasteiger charge is 1.91. The molecule has 2 N–H and O–H groups in total. The molecule has 0 saturated carbocycles. The molecule has 0 saturated heterocycles. The molecule has 0 bridgehead atoms. The van der Waals surface area contributed by atoms with E-state index in [0.717, 1.165) is 11.5 Å². The van der Waals surface area contributed by atoms with Crippen LogP contribution in [0, 0.1) is 0 Å². The summed E-state index contributed by atoms with van der Waals surface area (Å²) in [5, 5.41) is 0. The van der Waals surface area contributed by atoms with Gasteiger partial charge in [-0.1, -0.05) is 11.6 Å². The lowest BCUT2D eigenvalue weighted by Gasteiger charge is -2.01. The molecule has 0 aliphatic rings. The van der Waals surface area contributed by atoms with E-state index in [1.54, 1.807) is 0 Å². The van der Waals surface area contributed by atoms with Gasteiger partial charge in [-0.2, -0.15) is 11.8 Å². The molecule has 1 atom stereocenters. The van der Waals surface area contributed by atoms with Gasteiger partial charge >= 0.3 is 0 Å². The van der Waals surface area contributed by atoms with Gasteiger partial charge in [0.2, 0.25) is 0 Å². The summed E-state index contributed by atoms with van der Waals surface area (Å²) in [5.74, 6) is 2.16. The molecule has 0 aliphatic carbocycles. The Morgan fingerprint density at radius 1 is 1.60 bits per heavy atom. The van der Waals surface area contributed by atoms with Crippen molar-refractivity contribution in [2.45, 2.75) is 26.8 Å². The van der Waals surface area contributed by atoms with Crippen LogP contribution in [0.4, 0.5) is 0 Å². The molecule has 1 nitrogen and oxygen atoms in total. The van der Waals surface area contributed by atoms with Gasteiger partial charge in [-0.05, 0) is 20.8 Å². The van der Waals surface area contributed by atoms with Crippen molar-refractivity contribution in [3.63, 3.8) is 0 Å². The number of hydrogen-bond donors (Lipinski definition) is 1. The third kappa shape index (κ3) is 8.05. The molecule has 60 valence electrons. The van der Waals surface area contributed by atoms with Gasteiger partial charge in [0.05, 0.1) is 0 Å². The molecular weight excluding hydrogens is 142 g/mol. The molecule has 0 amide bonds. The highest BCUT2D eigenvalue weighted by atomic mass is 32.2. The molecular formula is C8H17NS. The van der Waals surface area contributed by atoms with E-state index in [9.17, 15) is 0 Å². The van der Waals surface area contributed by atoms with Crippen LogP contribution in [0.15, 0.2) is 11.6 Å². The lowest BCUT2D eigenvalue weighted by molar-refractivity contribution is 0.848. The van der Waals surface area contributed by atoms with Crippen LogP contribution in [0.5, 0.6) is 0 Å². The van der Waals surface area contributed by atoms with Crippen molar-refractivity contribution in [3.05, 3.63) is 11.6 Å². The summed E-state index contributed by atoms with van der Waals surface area (Å²) in [6.07, 6.45) is 2.23. The summed E-state index contributed by atoms with van der Waals surface area (Å²) in [4.78, 5) is 0. The van der Waals surface area contributed by atoms with E-state index in [1.165, 1.54) is 5.57 Å². The standard InChI is InChI=1S/C8H17NS/c1-7(2)4-5-10-6-8(3)9/h4,8H,5-6,9H2,1-3H3. The molecule has 0 aromatic carbocycles. The minimum absolute atomic E-state index is 0.329. The zero-order chi connectivity index (χ0) is 7.98. The Morgan fingerprint density at radius 2 is 2.20 bits per heavy atom. The van der Waals surface area contributed by atoms with Crippen LogP contribution in [-0.2, 0) is 0 Å². The Morgan fingerprint density at radius 3 is 2.60 bits per heavy atom. The van der Waals surface area contributed by atoms with E-state index >= 15 is 0 Å². The first-order valence-corrected chi connectivity index (χ1v) is 4.75. The summed E-state index contributed by atoms with van der Waals surface area (Å²) < 4.78 is 0. The summed E-state index contributed by atoms with van der Waals surface area (Å²) >= 11 is 1.89. The third-order valence-corrected chi connectivity index (χ3v) is 2.15. The van der Waals surface area contributed by atoms with E-state index in [2.05, 4.69) is 19.9 Å². The van der Waals surface area contributed by atoms with Crippen molar-refractivity contribution in [2.24, 2.45) is 5.73 Å². The van der Waals surface area contributed by atoms with Gasteiger partial charge in [-0.15, -0.1) is 0 Å². The molecule has 0 fully saturated rings. The number of rotatable bonds is 4. The molecule has 1 unspecified atom stereocenters. The zero-order valence-corrected chi connectivity index (χ0v) is 7.87. The number of hydrogen-bond acceptors (Lipinski definition) is 2. The zero-order valence-electron chi connectivity index (χ0n) is 7.05. The van der Waals surface area contributed by atoms with Gasteiger partial charge in [-0.3, -0.25) is 0 Å². The molecule has 0 rings (SSSR count). The van der Waals surface area contributed by atoms with Gasteiger partial charge < -0.3 is 5.73 Å². The molecule has 0 radical (unpaired) electrons. The average molecular weight is 159 g/mol. The molecule has 0 aliphatic heterocycles. The van der Waals surface area contributed by atoms with Crippen LogP contribution in [-0.4, -0.2) is 17.5 Å². The molecule has 0 spiro atoms. The first-order valence-electron chi connectivity index (χ1n) is 3.59. The number of thioether (sulfide) groups is 1. The Balaban J connectivity index is 3.13. The summed E-state index contributed by atoms with van der Waals surface area (Å²) in [6.45, 7) is 6.27. The normalized spacial score (nSPS) is 12.8. The van der Waals surface area contributed by atoms with Crippen LogP contribution in [0.1, 0.15) is 20.8 Å². The maximum Gasteiger partial charge on any atom is 0.0116 e. The quantitative estimate of drug-likeness (QED) is 0.502. The van der Waals surface area contributed by atoms with Crippen LogP contribution >= 0.6 is 11.8 Å². The lowest BCUT2D eigenvalue weighted by atomic mass is 10.3. The van der Waals surface area contributed by atoms with Crippen LogP contribution < -0.4 is 5.73 Å². The minimum Gasteiger partial charge on any atom is -0.327 e. The fourth-order valence-electron chi connectivity index (χ4n) is 0.480. The fourth-order valence-corrected chi connectivity index (χ4v) is 1.44. The summed E-state index contributed by atoms with van der Waals surface area (Å²) in [6, 6.07) is 0.329. The van der Waals surface area contributed by atoms with Crippen LogP contribution in [0.2, 0.25) is 0 Å². The molecule has 10 heavy (non-hydrogen) atoms. The second-order valence-electron chi connectivity index (χ2n) is 2.80. The molecule has 0 heterocycles. The lowest BCUT2D eigenvalue weighted by Crippen LogP contribution is -2.17. The highest BCUT2D eigenvalue weighted by Crippen LogP contribution is 2.03. The Kier molecular flexibility index (Phi) is 5.84. The molecule has 0 aromatic rings. The maximum atomic E-state index is 5.57. The maximum absolute atomic E-state index is 5.57. The second-order valence-corrected chi connectivity index (χ2v) is 3.87. The van der Waals surface area contributed by atoms with Crippen molar-refractivity contribution in [3.8, 4) is 0 Å². The van der Waals surface area contributed by atoms with Crippen molar-refractivity contribution in [1.82, 2.24) is 0 Å². The van der Waals surface area contributed by atoms with Gasteiger partial charge in [0, 0.05) is 17.5 Å². The second kappa shape index (κ2) is 5.81. The van der Waals surface area contributed by atoms with E-state index in [4.69, 9.17) is 5.73 Å². The first kappa shape index (κ1) is 10.0. The van der Waals surface area contributed by atoms with Crippen molar-refractivity contribution in [2.75, 3.05) is 11.5 Å². The topological polar surface area (TPSA) is 26.0 Å². The fraction of sp³-hybridized carbons (Fsp3) is 0.750. The van der Waals surface area contributed by atoms with E-state index in [1.807, 2.05) is 18.7 Å². The van der Waals surface area contributed by atoms with Crippen molar-refractivity contribution < 1.29 is 0 Å². The Labute approximate surface area is 68.1 Å². The summed E-state index contributed by atoms with van der Waals surface area (Å²) in [7, 11) is 0. The molecule has 0 aromatic heterocycles. The third-order valence-electron chi connectivity index (χ3n) is 0.990.